The molecule has 5 nitrogen and oxygen atoms in total. The van der Waals surface area contributed by atoms with E-state index >= 15 is 0 Å². The summed E-state index contributed by atoms with van der Waals surface area (Å²) in [6, 6.07) is 8.04. The number of amides is 2. The number of carbonyl (C=O) groups is 2. The summed E-state index contributed by atoms with van der Waals surface area (Å²) >= 11 is 5.27. The topological polar surface area (TPSA) is 52.7 Å². The van der Waals surface area contributed by atoms with Gasteiger partial charge in [0.2, 0.25) is 11.8 Å². The van der Waals surface area contributed by atoms with Crippen LogP contribution < -0.4 is 10.2 Å². The first-order chi connectivity index (χ1) is 12.5. The van der Waals surface area contributed by atoms with Gasteiger partial charge in [0.05, 0.1) is 4.87 Å². The lowest BCUT2D eigenvalue weighted by Gasteiger charge is -2.30. The van der Waals surface area contributed by atoms with Crippen LogP contribution in [-0.4, -0.2) is 53.0 Å². The Balaban J connectivity index is 1.31. The van der Waals surface area contributed by atoms with Crippen LogP contribution in [0.1, 0.15) is 26.2 Å². The van der Waals surface area contributed by atoms with Gasteiger partial charge in [0.15, 0.2) is 0 Å². The lowest BCUT2D eigenvalue weighted by atomic mass is 10.1. The quantitative estimate of drug-likeness (QED) is 0.786. The molecular formula is C19H24BrN3O2S. The fourth-order valence-electron chi connectivity index (χ4n) is 4.28. The Morgan fingerprint density at radius 1 is 1.46 bits per heavy atom. The molecule has 0 aliphatic carbocycles. The molecule has 3 fully saturated rings. The van der Waals surface area contributed by atoms with E-state index in [1.54, 1.807) is 11.8 Å². The molecule has 3 aliphatic rings. The van der Waals surface area contributed by atoms with Gasteiger partial charge in [-0.1, -0.05) is 22.0 Å². The van der Waals surface area contributed by atoms with E-state index in [9.17, 15) is 9.59 Å². The minimum atomic E-state index is -0.303. The van der Waals surface area contributed by atoms with Gasteiger partial charge in [-0.2, -0.15) is 0 Å². The van der Waals surface area contributed by atoms with Crippen molar-refractivity contribution in [2.24, 2.45) is 5.92 Å². The lowest BCUT2D eigenvalue weighted by molar-refractivity contribution is -0.138. The number of rotatable bonds is 4. The lowest BCUT2D eigenvalue weighted by Crippen LogP contribution is -2.50. The maximum Gasteiger partial charge on any atom is 0.243 e. The van der Waals surface area contributed by atoms with Crippen LogP contribution in [0.25, 0.3) is 0 Å². The molecule has 0 radical (unpaired) electrons. The van der Waals surface area contributed by atoms with E-state index in [2.05, 4.69) is 51.3 Å². The Bertz CT molecular complexity index is 730. The van der Waals surface area contributed by atoms with Crippen molar-refractivity contribution < 1.29 is 9.59 Å². The molecule has 1 aromatic rings. The van der Waals surface area contributed by atoms with Gasteiger partial charge in [0.25, 0.3) is 0 Å². The standard InChI is InChI=1S/C19H24BrN3O2S/c1-19-7-5-17(24)23(19)16(12-26-19)18(25)21-10-13-6-8-22(11-13)15-4-2-3-14(20)9-15/h2-4,9,13,16H,5-8,10-12H2,1H3,(H,21,25). The highest BCUT2D eigenvalue weighted by molar-refractivity contribution is 9.10. The molecule has 1 N–H and O–H groups in total. The molecule has 26 heavy (non-hydrogen) atoms. The molecule has 0 saturated carbocycles. The smallest absolute Gasteiger partial charge is 0.243 e. The van der Waals surface area contributed by atoms with Crippen LogP contribution in [0.15, 0.2) is 28.7 Å². The summed E-state index contributed by atoms with van der Waals surface area (Å²) in [7, 11) is 0. The van der Waals surface area contributed by atoms with Crippen LogP contribution >= 0.6 is 27.7 Å². The van der Waals surface area contributed by atoms with Gasteiger partial charge in [0.1, 0.15) is 6.04 Å². The summed E-state index contributed by atoms with van der Waals surface area (Å²) in [6.45, 7) is 4.74. The second kappa shape index (κ2) is 7.08. The van der Waals surface area contributed by atoms with Crippen molar-refractivity contribution >= 4 is 45.2 Å². The highest BCUT2D eigenvalue weighted by Crippen LogP contribution is 2.47. The number of anilines is 1. The van der Waals surface area contributed by atoms with Crippen molar-refractivity contribution in [1.82, 2.24) is 10.2 Å². The molecule has 0 aromatic heterocycles. The van der Waals surface area contributed by atoms with Gasteiger partial charge in [-0.05, 0) is 43.9 Å². The molecule has 3 atom stereocenters. The second-order valence-corrected chi connectivity index (χ2v) is 10.0. The molecule has 0 bridgehead atoms. The first kappa shape index (κ1) is 18.2. The normalized spacial score (nSPS) is 30.8. The molecule has 4 rings (SSSR count). The van der Waals surface area contributed by atoms with Gasteiger partial charge in [-0.25, -0.2) is 0 Å². The van der Waals surface area contributed by atoms with E-state index in [4.69, 9.17) is 0 Å². The fourth-order valence-corrected chi connectivity index (χ4v) is 6.10. The van der Waals surface area contributed by atoms with E-state index in [0.29, 0.717) is 24.6 Å². The number of thioether (sulfide) groups is 1. The summed E-state index contributed by atoms with van der Waals surface area (Å²) < 4.78 is 1.09. The van der Waals surface area contributed by atoms with Crippen LogP contribution in [0.3, 0.4) is 0 Å². The Morgan fingerprint density at radius 3 is 3.12 bits per heavy atom. The van der Waals surface area contributed by atoms with Crippen molar-refractivity contribution in [3.8, 4) is 0 Å². The van der Waals surface area contributed by atoms with Crippen LogP contribution in [-0.2, 0) is 9.59 Å². The van der Waals surface area contributed by atoms with E-state index in [1.165, 1.54) is 5.69 Å². The molecule has 3 unspecified atom stereocenters. The summed E-state index contributed by atoms with van der Waals surface area (Å²) in [6.07, 6.45) is 2.49. The highest BCUT2D eigenvalue weighted by Gasteiger charge is 2.52. The number of carbonyl (C=O) groups excluding carboxylic acids is 2. The molecular weight excluding hydrogens is 414 g/mol. The second-order valence-electron chi connectivity index (χ2n) is 7.59. The number of hydrogen-bond acceptors (Lipinski definition) is 4. The highest BCUT2D eigenvalue weighted by atomic mass is 79.9. The maximum absolute atomic E-state index is 12.7. The molecule has 7 heteroatoms. The van der Waals surface area contributed by atoms with Gasteiger partial charge in [-0.15, -0.1) is 11.8 Å². The zero-order chi connectivity index (χ0) is 18.3. The summed E-state index contributed by atoms with van der Waals surface area (Å²) in [5, 5.41) is 3.12. The van der Waals surface area contributed by atoms with Gasteiger partial charge < -0.3 is 15.1 Å². The third kappa shape index (κ3) is 3.36. The van der Waals surface area contributed by atoms with E-state index in [0.717, 1.165) is 30.4 Å². The predicted octanol–water partition coefficient (Wildman–Crippen LogP) is 2.85. The van der Waals surface area contributed by atoms with Gasteiger partial charge in [0, 0.05) is 42.0 Å². The molecule has 2 amide bonds. The third-order valence-electron chi connectivity index (χ3n) is 5.77. The summed E-state index contributed by atoms with van der Waals surface area (Å²) in [5.41, 5.74) is 1.22. The van der Waals surface area contributed by atoms with E-state index in [-0.39, 0.29) is 22.7 Å². The van der Waals surface area contributed by atoms with Gasteiger partial charge >= 0.3 is 0 Å². The number of nitrogens with one attached hydrogen (secondary N) is 1. The summed E-state index contributed by atoms with van der Waals surface area (Å²) in [4.78, 5) is 28.9. The monoisotopic (exact) mass is 437 g/mol. The van der Waals surface area contributed by atoms with Crippen LogP contribution in [0.2, 0.25) is 0 Å². The Morgan fingerprint density at radius 2 is 2.31 bits per heavy atom. The number of fused-ring (bicyclic) bond motifs is 1. The molecule has 140 valence electrons. The Kier molecular flexibility index (Phi) is 4.94. The number of hydrogen-bond donors (Lipinski definition) is 1. The average Bonchev–Trinajstić information content (AvgIpc) is 3.29. The zero-order valence-corrected chi connectivity index (χ0v) is 17.3. The number of nitrogens with zero attached hydrogens (tertiary/aromatic N) is 2. The van der Waals surface area contributed by atoms with Crippen LogP contribution in [0.4, 0.5) is 5.69 Å². The zero-order valence-electron chi connectivity index (χ0n) is 14.9. The third-order valence-corrected chi connectivity index (χ3v) is 7.77. The molecule has 0 spiro atoms. The van der Waals surface area contributed by atoms with E-state index in [1.807, 2.05) is 11.0 Å². The SMILES string of the molecule is CC12CCC(=O)N1C(C(=O)NCC1CCN(c3cccc(Br)c3)C1)CS2. The minimum absolute atomic E-state index is 0.0115. The number of benzene rings is 1. The number of halogens is 1. The predicted molar refractivity (Wildman–Crippen MR) is 108 cm³/mol. The average molecular weight is 438 g/mol. The molecule has 3 aliphatic heterocycles. The van der Waals surface area contributed by atoms with Crippen molar-refractivity contribution in [1.29, 1.82) is 0 Å². The Hall–Kier alpha value is -1.21. The summed E-state index contributed by atoms with van der Waals surface area (Å²) in [5.74, 6) is 1.30. The maximum atomic E-state index is 12.7. The van der Waals surface area contributed by atoms with Crippen molar-refractivity contribution in [2.45, 2.75) is 37.1 Å². The van der Waals surface area contributed by atoms with Crippen molar-refractivity contribution in [3.05, 3.63) is 28.7 Å². The molecule has 3 heterocycles. The van der Waals surface area contributed by atoms with Crippen LogP contribution in [0.5, 0.6) is 0 Å². The van der Waals surface area contributed by atoms with Crippen molar-refractivity contribution in [3.63, 3.8) is 0 Å². The van der Waals surface area contributed by atoms with Crippen molar-refractivity contribution in [2.75, 3.05) is 30.3 Å². The van der Waals surface area contributed by atoms with E-state index < -0.39 is 0 Å². The van der Waals surface area contributed by atoms with Gasteiger partial charge in [-0.3, -0.25) is 9.59 Å². The first-order valence-corrected chi connectivity index (χ1v) is 11.0. The first-order valence-electron chi connectivity index (χ1n) is 9.21. The fraction of sp³-hybridized carbons (Fsp3) is 0.579. The van der Waals surface area contributed by atoms with Crippen LogP contribution in [0, 0.1) is 5.92 Å². The molecule has 3 saturated heterocycles. The minimum Gasteiger partial charge on any atom is -0.371 e. The molecule has 1 aromatic carbocycles. The largest absolute Gasteiger partial charge is 0.371 e. The Labute approximate surface area is 167 Å².